The first-order valence-corrected chi connectivity index (χ1v) is 14.0. The average Bonchev–Trinajstić information content (AvgIpc) is 3.35. The molecule has 42 heavy (non-hydrogen) atoms. The minimum atomic E-state index is -1.77. The fourth-order valence-electron chi connectivity index (χ4n) is 5.20. The van der Waals surface area contributed by atoms with E-state index in [-0.39, 0.29) is 37.4 Å². The number of pyridine rings is 2. The number of nitrogens with two attached hydrogens (primary N) is 1. The van der Waals surface area contributed by atoms with Crippen LogP contribution in [0.15, 0.2) is 41.2 Å². The number of hydrogen-bond donors (Lipinski definition) is 1. The van der Waals surface area contributed by atoms with Gasteiger partial charge in [-0.3, -0.25) is 4.79 Å². The molecule has 0 spiro atoms. The lowest BCUT2D eigenvalue weighted by molar-refractivity contribution is -0.192. The van der Waals surface area contributed by atoms with Crippen molar-refractivity contribution < 1.29 is 38.0 Å². The smallest absolute Gasteiger partial charge is 0.355 e. The van der Waals surface area contributed by atoms with Crippen LogP contribution >= 0.6 is 0 Å². The zero-order valence-electron chi connectivity index (χ0n) is 23.6. The van der Waals surface area contributed by atoms with Crippen molar-refractivity contribution in [1.29, 1.82) is 0 Å². The van der Waals surface area contributed by atoms with Crippen LogP contribution in [0.4, 0.5) is 0 Å². The summed E-state index contributed by atoms with van der Waals surface area (Å²) in [4.78, 5) is 44.4. The number of cyclic esters (lactones) is 1. The second-order valence-electron chi connectivity index (χ2n) is 9.91. The van der Waals surface area contributed by atoms with E-state index in [4.69, 9.17) is 39.1 Å². The molecule has 0 bridgehead atoms. The van der Waals surface area contributed by atoms with Gasteiger partial charge in [-0.05, 0) is 24.6 Å². The number of carbonyl (C=O) groups is 2. The Morgan fingerprint density at radius 2 is 1.69 bits per heavy atom. The van der Waals surface area contributed by atoms with Crippen molar-refractivity contribution in [3.63, 3.8) is 0 Å². The summed E-state index contributed by atoms with van der Waals surface area (Å²) >= 11 is 0. The normalized spacial score (nSPS) is 17.0. The van der Waals surface area contributed by atoms with E-state index in [1.807, 2.05) is 30.3 Å². The first kappa shape index (κ1) is 29.8. The Labute approximate surface area is 242 Å². The maximum Gasteiger partial charge on any atom is 0.355 e. The lowest BCUT2D eigenvalue weighted by atomic mass is 9.85. The maximum absolute atomic E-state index is 13.6. The molecule has 1 aromatic carbocycles. The zero-order chi connectivity index (χ0) is 29.5. The molecule has 0 saturated heterocycles. The number of ether oxygens (including phenoxy) is 6. The third kappa shape index (κ3) is 6.08. The van der Waals surface area contributed by atoms with Gasteiger partial charge in [-0.15, -0.1) is 0 Å². The van der Waals surface area contributed by atoms with Crippen molar-refractivity contribution in [2.75, 3.05) is 59.4 Å². The van der Waals surface area contributed by atoms with Gasteiger partial charge in [0.1, 0.15) is 13.2 Å². The Kier molecular flexibility index (Phi) is 9.60. The molecule has 0 unspecified atom stereocenters. The van der Waals surface area contributed by atoms with E-state index in [9.17, 15) is 14.4 Å². The fourth-order valence-corrected chi connectivity index (χ4v) is 5.20. The third-order valence-corrected chi connectivity index (χ3v) is 7.27. The predicted molar refractivity (Wildman–Crippen MR) is 151 cm³/mol. The predicted octanol–water partition coefficient (Wildman–Crippen LogP) is 1.66. The molecule has 2 aliphatic heterocycles. The maximum atomic E-state index is 13.6. The Hall–Kier alpha value is -3.68. The largest absolute Gasteiger partial charge is 0.457 e. The van der Waals surface area contributed by atoms with Crippen molar-refractivity contribution in [1.82, 2.24) is 9.55 Å². The van der Waals surface area contributed by atoms with Gasteiger partial charge in [0.05, 0.1) is 75.3 Å². The van der Waals surface area contributed by atoms with Gasteiger partial charge in [0.15, 0.2) is 0 Å². The van der Waals surface area contributed by atoms with Crippen LogP contribution in [-0.4, -0.2) is 80.9 Å². The first-order chi connectivity index (χ1) is 20.5. The van der Waals surface area contributed by atoms with E-state index in [0.29, 0.717) is 63.1 Å². The van der Waals surface area contributed by atoms with Crippen LogP contribution in [0.5, 0.6) is 0 Å². The van der Waals surface area contributed by atoms with E-state index in [1.165, 1.54) is 0 Å². The zero-order valence-corrected chi connectivity index (χ0v) is 23.6. The summed E-state index contributed by atoms with van der Waals surface area (Å²) in [6, 6.07) is 11.5. The number of fused-ring (bicyclic) bond motifs is 5. The van der Waals surface area contributed by atoms with Crippen LogP contribution in [0, 0.1) is 0 Å². The van der Waals surface area contributed by atoms with E-state index in [0.717, 1.165) is 16.5 Å². The highest BCUT2D eigenvalue weighted by atomic mass is 16.6. The minimum absolute atomic E-state index is 0.0752. The van der Waals surface area contributed by atoms with E-state index >= 15 is 0 Å². The average molecular weight is 582 g/mol. The number of benzene rings is 1. The van der Waals surface area contributed by atoms with Crippen molar-refractivity contribution in [3.05, 3.63) is 63.4 Å². The van der Waals surface area contributed by atoms with Crippen molar-refractivity contribution in [2.24, 2.45) is 5.73 Å². The molecule has 0 radical (unpaired) electrons. The molecule has 12 heteroatoms. The summed E-state index contributed by atoms with van der Waals surface area (Å²) in [6.45, 7) is 4.49. The summed E-state index contributed by atoms with van der Waals surface area (Å²) in [5.74, 6) is -1.48. The van der Waals surface area contributed by atoms with E-state index in [2.05, 4.69) is 0 Å². The second-order valence-corrected chi connectivity index (χ2v) is 9.91. The van der Waals surface area contributed by atoms with Crippen LogP contribution in [0.3, 0.4) is 0 Å². The SMILES string of the molecule is CC[C@@]1(OC(=O)COCCOCCOCCOCCN)C(=O)OCc2c1cc1n(c2=O)Cc2cc3ccccc3nc2-1. The molecule has 0 amide bonds. The molecule has 12 nitrogen and oxygen atoms in total. The topological polar surface area (TPSA) is 150 Å². The Morgan fingerprint density at radius 3 is 2.40 bits per heavy atom. The van der Waals surface area contributed by atoms with Gasteiger partial charge in [0.25, 0.3) is 5.56 Å². The lowest BCUT2D eigenvalue weighted by Crippen LogP contribution is -2.48. The number of para-hydroxylation sites is 1. The molecule has 0 aliphatic carbocycles. The van der Waals surface area contributed by atoms with Gasteiger partial charge in [0, 0.05) is 23.1 Å². The van der Waals surface area contributed by atoms with Crippen molar-refractivity contribution in [3.8, 4) is 11.4 Å². The van der Waals surface area contributed by atoms with Crippen LogP contribution < -0.4 is 11.3 Å². The van der Waals surface area contributed by atoms with Crippen LogP contribution in [0.2, 0.25) is 0 Å². The molecule has 0 fully saturated rings. The van der Waals surface area contributed by atoms with Gasteiger partial charge >= 0.3 is 11.9 Å². The molecular weight excluding hydrogens is 546 g/mol. The standard InChI is InChI=1S/C30H35N3O9/c1-2-30(42-26(34)19-40-14-13-39-12-11-38-10-9-37-8-7-31)23-16-25-27-21(15-20-5-3-4-6-24(20)32-27)17-33(25)28(35)22(23)18-41-29(30)36/h3-6,15-16H,2,7-14,17-19,31H2,1H3/t30-/m0/s1. The Morgan fingerprint density at radius 1 is 1.00 bits per heavy atom. The van der Waals surface area contributed by atoms with E-state index in [1.54, 1.807) is 17.6 Å². The number of aromatic nitrogens is 2. The summed E-state index contributed by atoms with van der Waals surface area (Å²) in [5, 5.41) is 0.972. The van der Waals surface area contributed by atoms with Gasteiger partial charge in [0.2, 0.25) is 5.60 Å². The van der Waals surface area contributed by atoms with Gasteiger partial charge in [-0.25, -0.2) is 14.6 Å². The fraction of sp³-hybridized carbons (Fsp3) is 0.467. The Bertz CT molecular complexity index is 1510. The van der Waals surface area contributed by atoms with Crippen molar-refractivity contribution >= 4 is 22.8 Å². The number of carbonyl (C=O) groups excluding carboxylic acids is 2. The van der Waals surface area contributed by atoms with E-state index < -0.39 is 24.1 Å². The molecule has 2 aliphatic rings. The highest BCUT2D eigenvalue weighted by Crippen LogP contribution is 2.40. The molecule has 224 valence electrons. The summed E-state index contributed by atoms with van der Waals surface area (Å²) in [5.41, 5.74) is 6.81. The summed E-state index contributed by atoms with van der Waals surface area (Å²) < 4.78 is 34.2. The molecule has 4 heterocycles. The number of hydrogen-bond acceptors (Lipinski definition) is 11. The van der Waals surface area contributed by atoms with Gasteiger partial charge in [-0.1, -0.05) is 25.1 Å². The number of nitrogens with zero attached hydrogens (tertiary/aromatic N) is 2. The van der Waals surface area contributed by atoms with Crippen LogP contribution in [0.25, 0.3) is 22.3 Å². The monoisotopic (exact) mass is 581 g/mol. The lowest BCUT2D eigenvalue weighted by Gasteiger charge is -2.35. The third-order valence-electron chi connectivity index (χ3n) is 7.27. The summed E-state index contributed by atoms with van der Waals surface area (Å²) in [6.07, 6.45) is 0.0752. The molecule has 2 N–H and O–H groups in total. The van der Waals surface area contributed by atoms with Gasteiger partial charge < -0.3 is 38.7 Å². The molecule has 3 aromatic rings. The minimum Gasteiger partial charge on any atom is -0.457 e. The molecule has 1 atom stereocenters. The highest BCUT2D eigenvalue weighted by Gasteiger charge is 2.50. The Balaban J connectivity index is 1.23. The van der Waals surface area contributed by atoms with Crippen molar-refractivity contribution in [2.45, 2.75) is 32.1 Å². The molecule has 2 aromatic heterocycles. The highest BCUT2D eigenvalue weighted by molar-refractivity contribution is 5.88. The number of esters is 2. The quantitative estimate of drug-likeness (QED) is 0.161. The summed E-state index contributed by atoms with van der Waals surface area (Å²) in [7, 11) is 0. The second kappa shape index (κ2) is 13.5. The molecular formula is C30H35N3O9. The van der Waals surface area contributed by atoms with Crippen LogP contribution in [0.1, 0.15) is 30.0 Å². The van der Waals surface area contributed by atoms with Gasteiger partial charge in [-0.2, -0.15) is 0 Å². The molecule has 5 rings (SSSR count). The number of rotatable bonds is 15. The first-order valence-electron chi connectivity index (χ1n) is 14.0. The van der Waals surface area contributed by atoms with Crippen LogP contribution in [-0.2, 0) is 56.8 Å². The molecule has 0 saturated carbocycles.